The van der Waals surface area contributed by atoms with E-state index in [4.69, 9.17) is 4.74 Å². The highest BCUT2D eigenvalue weighted by atomic mass is 79.9. The van der Waals surface area contributed by atoms with Crippen LogP contribution < -0.4 is 10.1 Å². The fourth-order valence-corrected chi connectivity index (χ4v) is 2.13. The van der Waals surface area contributed by atoms with E-state index in [-0.39, 0.29) is 5.91 Å². The fourth-order valence-electron chi connectivity index (χ4n) is 1.77. The van der Waals surface area contributed by atoms with Crippen molar-refractivity contribution in [2.75, 3.05) is 11.9 Å². The monoisotopic (exact) mass is 334 g/mol. The Labute approximate surface area is 126 Å². The van der Waals surface area contributed by atoms with Gasteiger partial charge in [0.2, 0.25) is 5.88 Å². The number of nitrogens with one attached hydrogen (secondary N) is 1. The number of ether oxygens (including phenoxy) is 1. The first kappa shape index (κ1) is 14.5. The van der Waals surface area contributed by atoms with Gasteiger partial charge in [0.1, 0.15) is 5.69 Å². The van der Waals surface area contributed by atoms with Gasteiger partial charge >= 0.3 is 0 Å². The number of halogens is 1. The molecule has 0 saturated carbocycles. The molecule has 0 saturated heterocycles. The lowest BCUT2D eigenvalue weighted by Crippen LogP contribution is -2.14. The van der Waals surface area contributed by atoms with Crippen LogP contribution in [0.4, 0.5) is 5.69 Å². The van der Waals surface area contributed by atoms with Crippen LogP contribution in [0.25, 0.3) is 0 Å². The summed E-state index contributed by atoms with van der Waals surface area (Å²) in [6.07, 6.45) is 1.63. The van der Waals surface area contributed by atoms with Gasteiger partial charge in [0.05, 0.1) is 6.61 Å². The average Bonchev–Trinajstić information content (AvgIpc) is 2.44. The predicted octanol–water partition coefficient (Wildman–Crippen LogP) is 3.80. The Kier molecular flexibility index (Phi) is 4.74. The van der Waals surface area contributed by atoms with Crippen molar-refractivity contribution in [2.45, 2.75) is 13.8 Å². The van der Waals surface area contributed by atoms with E-state index < -0.39 is 0 Å². The number of carbonyl (C=O) groups excluding carboxylic acids is 1. The second kappa shape index (κ2) is 6.52. The Hall–Kier alpha value is -1.88. The molecule has 5 heteroatoms. The Morgan fingerprint density at radius 2 is 2.20 bits per heavy atom. The van der Waals surface area contributed by atoms with Gasteiger partial charge in [-0.05, 0) is 43.7 Å². The minimum atomic E-state index is -0.183. The third-order valence-electron chi connectivity index (χ3n) is 2.74. The summed E-state index contributed by atoms with van der Waals surface area (Å²) in [6.45, 7) is 4.27. The van der Waals surface area contributed by atoms with Crippen LogP contribution in [0.3, 0.4) is 0 Å². The number of amides is 1. The number of pyridine rings is 1. The van der Waals surface area contributed by atoms with Crippen LogP contribution in [0.1, 0.15) is 22.8 Å². The molecule has 20 heavy (non-hydrogen) atoms. The van der Waals surface area contributed by atoms with Crippen LogP contribution in [0, 0.1) is 6.92 Å². The first-order valence-electron chi connectivity index (χ1n) is 6.27. The molecule has 4 nitrogen and oxygen atoms in total. The molecule has 0 aliphatic heterocycles. The van der Waals surface area contributed by atoms with Crippen LogP contribution in [-0.2, 0) is 0 Å². The highest BCUT2D eigenvalue weighted by Gasteiger charge is 2.13. The molecule has 1 N–H and O–H groups in total. The minimum Gasteiger partial charge on any atom is -0.476 e. The smallest absolute Gasteiger partial charge is 0.256 e. The standard InChI is InChI=1S/C15H15BrN2O2/c1-3-20-15-13(5-4-8-17-15)18-14(19)12-9-11(16)7-6-10(12)2/h4-9H,3H2,1-2H3,(H,18,19). The van der Waals surface area contributed by atoms with E-state index in [1.165, 1.54) is 0 Å². The van der Waals surface area contributed by atoms with Crippen molar-refractivity contribution < 1.29 is 9.53 Å². The summed E-state index contributed by atoms with van der Waals surface area (Å²) in [6, 6.07) is 9.12. The number of rotatable bonds is 4. The third-order valence-corrected chi connectivity index (χ3v) is 3.24. The van der Waals surface area contributed by atoms with Gasteiger partial charge in [-0.15, -0.1) is 0 Å². The molecule has 0 radical (unpaired) electrons. The van der Waals surface area contributed by atoms with Crippen LogP contribution in [0.15, 0.2) is 41.0 Å². The van der Waals surface area contributed by atoms with Crippen molar-refractivity contribution in [3.05, 3.63) is 52.1 Å². The van der Waals surface area contributed by atoms with Gasteiger partial charge in [0.15, 0.2) is 0 Å². The molecular weight excluding hydrogens is 320 g/mol. The molecule has 1 aromatic carbocycles. The highest BCUT2D eigenvalue weighted by Crippen LogP contribution is 2.23. The van der Waals surface area contributed by atoms with Crippen molar-refractivity contribution in [1.82, 2.24) is 4.98 Å². The van der Waals surface area contributed by atoms with Crippen molar-refractivity contribution in [3.8, 4) is 5.88 Å². The summed E-state index contributed by atoms with van der Waals surface area (Å²) in [7, 11) is 0. The van der Waals surface area contributed by atoms with Crippen molar-refractivity contribution in [1.29, 1.82) is 0 Å². The van der Waals surface area contributed by atoms with E-state index in [1.54, 1.807) is 24.4 Å². The van der Waals surface area contributed by atoms with Gasteiger partial charge in [-0.25, -0.2) is 4.98 Å². The number of aryl methyl sites for hydroxylation is 1. The SMILES string of the molecule is CCOc1ncccc1NC(=O)c1cc(Br)ccc1C. The fraction of sp³-hybridized carbons (Fsp3) is 0.200. The number of benzene rings is 1. The van der Waals surface area contributed by atoms with Crippen LogP contribution in [0.5, 0.6) is 5.88 Å². The summed E-state index contributed by atoms with van der Waals surface area (Å²) in [5, 5.41) is 2.83. The lowest BCUT2D eigenvalue weighted by Gasteiger charge is -2.11. The maximum atomic E-state index is 12.3. The summed E-state index contributed by atoms with van der Waals surface area (Å²) in [5.74, 6) is 0.244. The second-order valence-electron chi connectivity index (χ2n) is 4.20. The van der Waals surface area contributed by atoms with Gasteiger partial charge in [0.25, 0.3) is 5.91 Å². The molecule has 0 aliphatic rings. The van der Waals surface area contributed by atoms with E-state index in [0.29, 0.717) is 23.7 Å². The van der Waals surface area contributed by atoms with E-state index >= 15 is 0 Å². The predicted molar refractivity (Wildman–Crippen MR) is 82.2 cm³/mol. The first-order chi connectivity index (χ1) is 9.61. The Morgan fingerprint density at radius 3 is 2.95 bits per heavy atom. The summed E-state index contributed by atoms with van der Waals surface area (Å²) in [4.78, 5) is 16.4. The zero-order valence-corrected chi connectivity index (χ0v) is 12.9. The number of carbonyl (C=O) groups is 1. The summed E-state index contributed by atoms with van der Waals surface area (Å²) >= 11 is 3.37. The molecule has 0 spiro atoms. The number of aromatic nitrogens is 1. The lowest BCUT2D eigenvalue weighted by molar-refractivity contribution is 0.102. The van der Waals surface area contributed by atoms with Gasteiger partial charge in [-0.2, -0.15) is 0 Å². The second-order valence-corrected chi connectivity index (χ2v) is 5.12. The van der Waals surface area contributed by atoms with E-state index in [2.05, 4.69) is 26.2 Å². The molecule has 1 aromatic heterocycles. The van der Waals surface area contributed by atoms with Gasteiger partial charge in [0, 0.05) is 16.2 Å². The normalized spacial score (nSPS) is 10.2. The van der Waals surface area contributed by atoms with Gasteiger partial charge < -0.3 is 10.1 Å². The Morgan fingerprint density at radius 1 is 1.40 bits per heavy atom. The lowest BCUT2D eigenvalue weighted by atomic mass is 10.1. The molecule has 0 fully saturated rings. The third kappa shape index (κ3) is 3.36. The average molecular weight is 335 g/mol. The van der Waals surface area contributed by atoms with Gasteiger partial charge in [-0.3, -0.25) is 4.79 Å². The molecule has 1 amide bonds. The number of hydrogen-bond donors (Lipinski definition) is 1. The molecule has 104 valence electrons. The number of hydrogen-bond acceptors (Lipinski definition) is 3. The van der Waals surface area contributed by atoms with Crippen molar-refractivity contribution in [3.63, 3.8) is 0 Å². The Bertz CT molecular complexity index is 629. The molecule has 2 aromatic rings. The maximum absolute atomic E-state index is 12.3. The maximum Gasteiger partial charge on any atom is 0.256 e. The molecular formula is C15H15BrN2O2. The largest absolute Gasteiger partial charge is 0.476 e. The minimum absolute atomic E-state index is 0.183. The van der Waals surface area contributed by atoms with Gasteiger partial charge in [-0.1, -0.05) is 22.0 Å². The molecule has 0 atom stereocenters. The summed E-state index contributed by atoms with van der Waals surface area (Å²) < 4.78 is 6.26. The molecule has 0 aliphatic carbocycles. The van der Waals surface area contributed by atoms with E-state index in [9.17, 15) is 4.79 Å². The number of nitrogens with zero attached hydrogens (tertiary/aromatic N) is 1. The van der Waals surface area contributed by atoms with E-state index in [0.717, 1.165) is 10.0 Å². The van der Waals surface area contributed by atoms with Crippen LogP contribution in [-0.4, -0.2) is 17.5 Å². The zero-order chi connectivity index (χ0) is 14.5. The highest BCUT2D eigenvalue weighted by molar-refractivity contribution is 9.10. The quantitative estimate of drug-likeness (QED) is 0.925. The first-order valence-corrected chi connectivity index (χ1v) is 7.06. The molecule has 2 rings (SSSR count). The van der Waals surface area contributed by atoms with Crippen molar-refractivity contribution in [2.24, 2.45) is 0 Å². The van der Waals surface area contributed by atoms with E-state index in [1.807, 2.05) is 26.0 Å². The van der Waals surface area contributed by atoms with Crippen LogP contribution in [0.2, 0.25) is 0 Å². The molecule has 1 heterocycles. The zero-order valence-electron chi connectivity index (χ0n) is 11.3. The van der Waals surface area contributed by atoms with Crippen LogP contribution >= 0.6 is 15.9 Å². The number of anilines is 1. The molecule has 0 unspecified atom stereocenters. The Balaban J connectivity index is 2.26. The van der Waals surface area contributed by atoms with Crippen molar-refractivity contribution >= 4 is 27.5 Å². The topological polar surface area (TPSA) is 51.2 Å². The molecule has 0 bridgehead atoms. The summed E-state index contributed by atoms with van der Waals surface area (Å²) in [5.41, 5.74) is 2.09.